The van der Waals surface area contributed by atoms with Crippen LogP contribution in [-0.4, -0.2) is 41.6 Å². The van der Waals surface area contributed by atoms with Crippen molar-refractivity contribution in [2.24, 2.45) is 5.73 Å². The first-order chi connectivity index (χ1) is 18.2. The summed E-state index contributed by atoms with van der Waals surface area (Å²) in [6.07, 6.45) is 1.96. The van der Waals surface area contributed by atoms with Gasteiger partial charge in [0.1, 0.15) is 11.2 Å². The average molecular weight is 570 g/mol. The standard InChI is InChI=1S/C25H19Cl3N8O2/c1-13-9-15(27)10-17(23(29)37)22(13)31-25(38)21-12-16(33-36(21)24-18(28)3-2-7-30-24)6-8-35-20-11-14(26)4-5-19(20)32-34-35/h2-5,7,9-12H,6,8H2,1H3,(H2,29,37)(H,31,38). The molecule has 0 spiro atoms. The van der Waals surface area contributed by atoms with Gasteiger partial charge in [-0.05, 0) is 61.0 Å². The quantitative estimate of drug-likeness (QED) is 0.287. The fourth-order valence-electron chi connectivity index (χ4n) is 4.01. The highest BCUT2D eigenvalue weighted by atomic mass is 35.5. The molecule has 38 heavy (non-hydrogen) atoms. The predicted molar refractivity (Wildman–Crippen MR) is 145 cm³/mol. The van der Waals surface area contributed by atoms with Gasteiger partial charge in [0, 0.05) is 29.2 Å². The number of aryl methyl sites for hydroxylation is 3. The number of anilines is 1. The van der Waals surface area contributed by atoms with Crippen LogP contribution < -0.4 is 11.1 Å². The second kappa shape index (κ2) is 10.4. The maximum Gasteiger partial charge on any atom is 0.274 e. The molecule has 0 fully saturated rings. The zero-order valence-electron chi connectivity index (χ0n) is 19.8. The molecule has 13 heteroatoms. The third-order valence-electron chi connectivity index (χ3n) is 5.79. The summed E-state index contributed by atoms with van der Waals surface area (Å²) in [6, 6.07) is 13.3. The lowest BCUT2D eigenvalue weighted by molar-refractivity contribution is 0.100. The lowest BCUT2D eigenvalue weighted by atomic mass is 10.1. The van der Waals surface area contributed by atoms with Crippen LogP contribution in [0.4, 0.5) is 5.69 Å². The molecule has 2 amide bonds. The summed E-state index contributed by atoms with van der Waals surface area (Å²) in [5.74, 6) is -1.00. The van der Waals surface area contributed by atoms with Crippen molar-refractivity contribution >= 4 is 63.3 Å². The van der Waals surface area contributed by atoms with Crippen molar-refractivity contribution in [3.05, 3.63) is 92.3 Å². The Kier molecular flexibility index (Phi) is 7.02. The van der Waals surface area contributed by atoms with Gasteiger partial charge in [-0.15, -0.1) is 5.10 Å². The van der Waals surface area contributed by atoms with Gasteiger partial charge in [-0.25, -0.2) is 14.3 Å². The molecular weight excluding hydrogens is 551 g/mol. The highest BCUT2D eigenvalue weighted by Crippen LogP contribution is 2.27. The first kappa shape index (κ1) is 25.7. The molecule has 3 N–H and O–H groups in total. The summed E-state index contributed by atoms with van der Waals surface area (Å²) in [5.41, 5.74) is 8.65. The number of hydrogen-bond donors (Lipinski definition) is 2. The number of aromatic nitrogens is 6. The number of carbonyl (C=O) groups is 2. The molecule has 0 aliphatic rings. The largest absolute Gasteiger partial charge is 0.366 e. The molecule has 0 aliphatic heterocycles. The Bertz CT molecular complexity index is 1710. The normalized spacial score (nSPS) is 11.2. The summed E-state index contributed by atoms with van der Waals surface area (Å²) >= 11 is 18.6. The van der Waals surface area contributed by atoms with Crippen molar-refractivity contribution in [2.75, 3.05) is 5.32 Å². The minimum Gasteiger partial charge on any atom is -0.366 e. The highest BCUT2D eigenvalue weighted by Gasteiger charge is 2.22. The Balaban J connectivity index is 1.50. The molecule has 0 saturated heterocycles. The van der Waals surface area contributed by atoms with E-state index in [4.69, 9.17) is 40.5 Å². The number of pyridine rings is 1. The lowest BCUT2D eigenvalue weighted by Gasteiger charge is -2.13. The third kappa shape index (κ3) is 5.06. The van der Waals surface area contributed by atoms with Crippen molar-refractivity contribution in [3.63, 3.8) is 0 Å². The van der Waals surface area contributed by atoms with Gasteiger partial charge in [-0.2, -0.15) is 5.10 Å². The van der Waals surface area contributed by atoms with Gasteiger partial charge < -0.3 is 11.1 Å². The molecule has 5 aromatic rings. The van der Waals surface area contributed by atoms with E-state index in [9.17, 15) is 9.59 Å². The fourth-order valence-corrected chi connectivity index (χ4v) is 4.65. The van der Waals surface area contributed by atoms with Gasteiger partial charge in [0.05, 0.1) is 27.5 Å². The second-order valence-electron chi connectivity index (χ2n) is 8.40. The van der Waals surface area contributed by atoms with Gasteiger partial charge in [0.2, 0.25) is 0 Å². The van der Waals surface area contributed by atoms with Crippen molar-refractivity contribution in [2.45, 2.75) is 19.9 Å². The third-order valence-corrected chi connectivity index (χ3v) is 6.54. The van der Waals surface area contributed by atoms with Crippen LogP contribution in [0, 0.1) is 6.92 Å². The Morgan fingerprint density at radius 1 is 1.05 bits per heavy atom. The van der Waals surface area contributed by atoms with Crippen LogP contribution in [-0.2, 0) is 13.0 Å². The van der Waals surface area contributed by atoms with E-state index in [1.807, 2.05) is 0 Å². The molecule has 5 rings (SSSR count). The maximum absolute atomic E-state index is 13.5. The number of nitrogens with two attached hydrogens (primary N) is 1. The molecule has 10 nitrogen and oxygen atoms in total. The highest BCUT2D eigenvalue weighted by molar-refractivity contribution is 6.32. The van der Waals surface area contributed by atoms with E-state index in [0.717, 1.165) is 5.52 Å². The molecule has 0 atom stereocenters. The Morgan fingerprint density at radius 2 is 1.87 bits per heavy atom. The summed E-state index contributed by atoms with van der Waals surface area (Å²) in [5, 5.41) is 16.9. The number of halogens is 3. The molecule has 0 radical (unpaired) electrons. The summed E-state index contributed by atoms with van der Waals surface area (Å²) in [7, 11) is 0. The Morgan fingerprint density at radius 3 is 2.63 bits per heavy atom. The van der Waals surface area contributed by atoms with Gasteiger partial charge >= 0.3 is 0 Å². The monoisotopic (exact) mass is 568 g/mol. The van der Waals surface area contributed by atoms with Gasteiger partial charge in [0.15, 0.2) is 5.82 Å². The van der Waals surface area contributed by atoms with Crippen LogP contribution in [0.25, 0.3) is 16.9 Å². The lowest BCUT2D eigenvalue weighted by Crippen LogP contribution is -2.21. The van der Waals surface area contributed by atoms with Crippen LogP contribution >= 0.6 is 34.8 Å². The number of amides is 2. The average Bonchev–Trinajstić information content (AvgIpc) is 3.48. The number of hydrogen-bond acceptors (Lipinski definition) is 6. The Hall–Kier alpha value is -3.99. The summed E-state index contributed by atoms with van der Waals surface area (Å²) in [4.78, 5) is 29.9. The topological polar surface area (TPSA) is 134 Å². The van der Waals surface area contributed by atoms with E-state index in [-0.39, 0.29) is 22.8 Å². The smallest absolute Gasteiger partial charge is 0.274 e. The van der Waals surface area contributed by atoms with Crippen LogP contribution in [0.5, 0.6) is 0 Å². The number of carbonyl (C=O) groups excluding carboxylic acids is 2. The zero-order valence-corrected chi connectivity index (χ0v) is 22.1. The number of nitrogens with zero attached hydrogens (tertiary/aromatic N) is 6. The first-order valence-electron chi connectivity index (χ1n) is 11.3. The van der Waals surface area contributed by atoms with E-state index >= 15 is 0 Å². The van der Waals surface area contributed by atoms with E-state index in [2.05, 4.69) is 25.7 Å². The molecule has 0 saturated carbocycles. The number of nitrogens with one attached hydrogen (secondary N) is 1. The number of fused-ring (bicyclic) bond motifs is 1. The molecule has 0 bridgehead atoms. The molecule has 3 aromatic heterocycles. The molecular formula is C25H19Cl3N8O2. The molecule has 192 valence electrons. The van der Waals surface area contributed by atoms with E-state index in [0.29, 0.717) is 44.8 Å². The molecule has 0 aliphatic carbocycles. The number of primary amides is 1. The Labute approximate surface area is 231 Å². The number of benzene rings is 2. The summed E-state index contributed by atoms with van der Waals surface area (Å²) < 4.78 is 3.07. The predicted octanol–water partition coefficient (Wildman–Crippen LogP) is 4.87. The first-order valence-corrected chi connectivity index (χ1v) is 12.4. The van der Waals surface area contributed by atoms with Crippen molar-refractivity contribution in [1.82, 2.24) is 29.8 Å². The van der Waals surface area contributed by atoms with Crippen LogP contribution in [0.2, 0.25) is 15.1 Å². The minimum absolute atomic E-state index is 0.0854. The molecule has 3 heterocycles. The zero-order chi connectivity index (χ0) is 27.0. The van der Waals surface area contributed by atoms with E-state index < -0.39 is 11.8 Å². The van der Waals surface area contributed by atoms with Crippen LogP contribution in [0.1, 0.15) is 32.1 Å². The van der Waals surface area contributed by atoms with Crippen molar-refractivity contribution < 1.29 is 9.59 Å². The maximum atomic E-state index is 13.5. The van der Waals surface area contributed by atoms with Crippen LogP contribution in [0.3, 0.4) is 0 Å². The number of rotatable bonds is 7. The van der Waals surface area contributed by atoms with E-state index in [1.165, 1.54) is 10.7 Å². The van der Waals surface area contributed by atoms with Crippen molar-refractivity contribution in [1.29, 1.82) is 0 Å². The minimum atomic E-state index is -0.729. The summed E-state index contributed by atoms with van der Waals surface area (Å²) in [6.45, 7) is 2.13. The van der Waals surface area contributed by atoms with Gasteiger partial charge in [-0.1, -0.05) is 40.0 Å². The molecule has 2 aromatic carbocycles. The second-order valence-corrected chi connectivity index (χ2v) is 9.68. The van der Waals surface area contributed by atoms with Gasteiger partial charge in [-0.3, -0.25) is 9.59 Å². The van der Waals surface area contributed by atoms with E-state index in [1.54, 1.807) is 60.3 Å². The van der Waals surface area contributed by atoms with Crippen molar-refractivity contribution in [3.8, 4) is 5.82 Å². The SMILES string of the molecule is Cc1cc(Cl)cc(C(N)=O)c1NC(=O)c1cc(CCn2nnc3ccc(Cl)cc32)nn1-c1ncccc1Cl. The fraction of sp³-hybridized carbons (Fsp3) is 0.120. The van der Waals surface area contributed by atoms with Gasteiger partial charge in [0.25, 0.3) is 11.8 Å². The molecule has 0 unspecified atom stereocenters. The van der Waals surface area contributed by atoms with Crippen LogP contribution in [0.15, 0.2) is 54.7 Å².